The number of ether oxygens (including phenoxy) is 1. The molecule has 0 N–H and O–H groups in total. The number of hydrogen-bond acceptors (Lipinski definition) is 3. The zero-order chi connectivity index (χ0) is 17.7. The number of carbonyl (C=O) groups is 2. The third-order valence-electron chi connectivity index (χ3n) is 4.63. The van der Waals surface area contributed by atoms with Crippen LogP contribution in [0, 0.1) is 13.8 Å². The first kappa shape index (κ1) is 18.0. The van der Waals surface area contributed by atoms with Crippen molar-refractivity contribution in [1.29, 1.82) is 0 Å². The van der Waals surface area contributed by atoms with E-state index in [0.29, 0.717) is 19.3 Å². The van der Waals surface area contributed by atoms with Crippen LogP contribution in [0.15, 0.2) is 30.3 Å². The van der Waals surface area contributed by atoms with E-state index in [1.54, 1.807) is 0 Å². The van der Waals surface area contributed by atoms with Crippen LogP contribution in [0.3, 0.4) is 0 Å². The summed E-state index contributed by atoms with van der Waals surface area (Å²) >= 11 is 0. The molecule has 0 saturated heterocycles. The Hall–Kier alpha value is -2.36. The maximum Gasteiger partial charge on any atom is 0.305 e. The van der Waals surface area contributed by atoms with Crippen LogP contribution in [0.25, 0.3) is 0 Å². The third kappa shape index (κ3) is 3.94. The summed E-state index contributed by atoms with van der Waals surface area (Å²) in [4.78, 5) is 24.1. The van der Waals surface area contributed by atoms with Gasteiger partial charge in [0.15, 0.2) is 5.78 Å². The highest BCUT2D eigenvalue weighted by molar-refractivity contribution is 5.99. The maximum atomic E-state index is 12.7. The molecule has 2 aromatic rings. The minimum Gasteiger partial charge on any atom is -0.469 e. The molecule has 0 atom stereocenters. The maximum absolute atomic E-state index is 12.7. The van der Waals surface area contributed by atoms with Crippen LogP contribution in [0.2, 0.25) is 0 Å². The Kier molecular flexibility index (Phi) is 5.96. The van der Waals surface area contributed by atoms with E-state index in [2.05, 4.69) is 0 Å². The van der Waals surface area contributed by atoms with Crippen molar-refractivity contribution in [2.75, 3.05) is 7.11 Å². The van der Waals surface area contributed by atoms with Gasteiger partial charge in [-0.1, -0.05) is 30.3 Å². The van der Waals surface area contributed by atoms with Gasteiger partial charge in [-0.25, -0.2) is 0 Å². The molecule has 0 amide bonds. The number of carbonyl (C=O) groups excluding carboxylic acids is 2. The molecule has 24 heavy (non-hydrogen) atoms. The van der Waals surface area contributed by atoms with Gasteiger partial charge in [0.25, 0.3) is 0 Å². The molecule has 0 saturated carbocycles. The SMILES string of the molecule is COC(=O)CCc1c(C)c(C(=O)CCc2ccccc2)c(C)n1C. The van der Waals surface area contributed by atoms with Crippen LogP contribution in [0.5, 0.6) is 0 Å². The Morgan fingerprint density at radius 3 is 2.33 bits per heavy atom. The van der Waals surface area contributed by atoms with Gasteiger partial charge in [0.05, 0.1) is 13.5 Å². The Balaban J connectivity index is 2.14. The van der Waals surface area contributed by atoms with Gasteiger partial charge in [-0.15, -0.1) is 0 Å². The van der Waals surface area contributed by atoms with E-state index in [9.17, 15) is 9.59 Å². The van der Waals surface area contributed by atoms with Crippen molar-refractivity contribution >= 4 is 11.8 Å². The highest BCUT2D eigenvalue weighted by Crippen LogP contribution is 2.24. The average molecular weight is 327 g/mol. The van der Waals surface area contributed by atoms with Crippen molar-refractivity contribution in [3.8, 4) is 0 Å². The van der Waals surface area contributed by atoms with Gasteiger partial charge in [-0.2, -0.15) is 0 Å². The van der Waals surface area contributed by atoms with E-state index in [0.717, 1.165) is 28.9 Å². The second kappa shape index (κ2) is 7.95. The number of aryl methyl sites for hydroxylation is 1. The van der Waals surface area contributed by atoms with Gasteiger partial charge in [0, 0.05) is 30.4 Å². The molecule has 0 radical (unpaired) electrons. The molecule has 4 nitrogen and oxygen atoms in total. The first-order chi connectivity index (χ1) is 11.5. The van der Waals surface area contributed by atoms with Gasteiger partial charge in [0.2, 0.25) is 0 Å². The minimum absolute atomic E-state index is 0.161. The zero-order valence-corrected chi connectivity index (χ0v) is 14.9. The zero-order valence-electron chi connectivity index (χ0n) is 14.9. The van der Waals surface area contributed by atoms with Crippen LogP contribution in [0.4, 0.5) is 0 Å². The summed E-state index contributed by atoms with van der Waals surface area (Å²) in [6, 6.07) is 10.0. The van der Waals surface area contributed by atoms with Gasteiger partial charge in [-0.05, 0) is 37.8 Å². The molecule has 0 fully saturated rings. The molecule has 128 valence electrons. The molecular formula is C20H25NO3. The summed E-state index contributed by atoms with van der Waals surface area (Å²) < 4.78 is 6.73. The van der Waals surface area contributed by atoms with Crippen LogP contribution >= 0.6 is 0 Å². The highest BCUT2D eigenvalue weighted by Gasteiger charge is 2.21. The van der Waals surface area contributed by atoms with Crippen molar-refractivity contribution < 1.29 is 14.3 Å². The quantitative estimate of drug-likeness (QED) is 0.577. The van der Waals surface area contributed by atoms with Crippen molar-refractivity contribution in [2.24, 2.45) is 7.05 Å². The molecule has 1 heterocycles. The molecule has 0 aliphatic heterocycles. The normalized spacial score (nSPS) is 10.7. The Bertz CT molecular complexity index is 729. The van der Waals surface area contributed by atoms with Crippen LogP contribution < -0.4 is 0 Å². The summed E-state index contributed by atoms with van der Waals surface area (Å²) in [5.74, 6) is -0.0704. The van der Waals surface area contributed by atoms with Gasteiger partial charge in [-0.3, -0.25) is 9.59 Å². The number of rotatable bonds is 7. The average Bonchev–Trinajstić information content (AvgIpc) is 2.81. The number of methoxy groups -OCH3 is 1. The summed E-state index contributed by atoms with van der Waals surface area (Å²) in [6.45, 7) is 3.93. The number of aromatic nitrogens is 1. The van der Waals surface area contributed by atoms with E-state index in [1.165, 1.54) is 12.7 Å². The highest BCUT2D eigenvalue weighted by atomic mass is 16.5. The van der Waals surface area contributed by atoms with Gasteiger partial charge in [0.1, 0.15) is 0 Å². The summed E-state index contributed by atoms with van der Waals surface area (Å²) in [6.07, 6.45) is 2.14. The molecular weight excluding hydrogens is 302 g/mol. The topological polar surface area (TPSA) is 48.3 Å². The van der Waals surface area contributed by atoms with Crippen molar-refractivity contribution in [3.63, 3.8) is 0 Å². The van der Waals surface area contributed by atoms with Crippen molar-refractivity contribution in [2.45, 2.75) is 39.5 Å². The standard InChI is InChI=1S/C20H25NO3/c1-14-17(11-13-19(23)24-4)21(3)15(2)20(14)18(22)12-10-16-8-6-5-7-9-16/h5-9H,10-13H2,1-4H3. The molecule has 0 spiro atoms. The van der Waals surface area contributed by atoms with E-state index in [-0.39, 0.29) is 11.8 Å². The molecule has 4 heteroatoms. The number of Topliss-reactive ketones (excluding diaryl/α,β-unsaturated/α-hetero) is 1. The lowest BCUT2D eigenvalue weighted by molar-refractivity contribution is -0.140. The second-order valence-electron chi connectivity index (χ2n) is 6.08. The first-order valence-electron chi connectivity index (χ1n) is 8.24. The molecule has 0 unspecified atom stereocenters. The number of hydrogen-bond donors (Lipinski definition) is 0. The number of nitrogens with zero attached hydrogens (tertiary/aromatic N) is 1. The molecule has 0 aliphatic carbocycles. The van der Waals surface area contributed by atoms with Crippen molar-refractivity contribution in [1.82, 2.24) is 4.57 Å². The lowest BCUT2D eigenvalue weighted by Gasteiger charge is -2.05. The molecule has 1 aromatic carbocycles. The summed E-state index contributed by atoms with van der Waals surface area (Å²) in [5.41, 5.74) is 4.94. The summed E-state index contributed by atoms with van der Waals surface area (Å²) in [5, 5.41) is 0. The second-order valence-corrected chi connectivity index (χ2v) is 6.08. The summed E-state index contributed by atoms with van der Waals surface area (Å²) in [7, 11) is 3.34. The molecule has 2 rings (SSSR count). The number of benzene rings is 1. The predicted octanol–water partition coefficient (Wildman–Crippen LogP) is 3.56. The fourth-order valence-electron chi connectivity index (χ4n) is 3.15. The third-order valence-corrected chi connectivity index (χ3v) is 4.63. The van der Waals surface area contributed by atoms with Crippen LogP contribution in [-0.4, -0.2) is 23.4 Å². The van der Waals surface area contributed by atoms with Crippen LogP contribution in [-0.2, 0) is 29.4 Å². The van der Waals surface area contributed by atoms with E-state index < -0.39 is 0 Å². The minimum atomic E-state index is -0.231. The Morgan fingerprint density at radius 2 is 1.71 bits per heavy atom. The molecule has 0 bridgehead atoms. The molecule has 0 aliphatic rings. The van der Waals surface area contributed by atoms with E-state index in [4.69, 9.17) is 4.74 Å². The van der Waals surface area contributed by atoms with Crippen LogP contribution in [0.1, 0.15) is 45.7 Å². The lowest BCUT2D eigenvalue weighted by Crippen LogP contribution is -2.06. The number of esters is 1. The predicted molar refractivity (Wildman–Crippen MR) is 94.3 cm³/mol. The monoisotopic (exact) mass is 327 g/mol. The Morgan fingerprint density at radius 1 is 1.04 bits per heavy atom. The Labute approximate surface area is 143 Å². The first-order valence-corrected chi connectivity index (χ1v) is 8.24. The van der Waals surface area contributed by atoms with E-state index in [1.807, 2.05) is 55.8 Å². The van der Waals surface area contributed by atoms with Gasteiger partial charge >= 0.3 is 5.97 Å². The fraction of sp³-hybridized carbons (Fsp3) is 0.400. The van der Waals surface area contributed by atoms with Gasteiger partial charge < -0.3 is 9.30 Å². The fourth-order valence-corrected chi connectivity index (χ4v) is 3.15. The number of ketones is 1. The largest absolute Gasteiger partial charge is 0.469 e. The smallest absolute Gasteiger partial charge is 0.305 e. The van der Waals surface area contributed by atoms with E-state index >= 15 is 0 Å². The lowest BCUT2D eigenvalue weighted by atomic mass is 9.99. The van der Waals surface area contributed by atoms with Crippen molar-refractivity contribution in [3.05, 3.63) is 58.4 Å². The molecule has 1 aromatic heterocycles.